The molecule has 0 bridgehead atoms. The second-order valence-corrected chi connectivity index (χ2v) is 1.79. The Bertz CT molecular complexity index is 229. The van der Waals surface area contributed by atoms with E-state index >= 15 is 0 Å². The second-order valence-electron chi connectivity index (χ2n) is 1.79. The van der Waals surface area contributed by atoms with E-state index in [1.165, 1.54) is 4.68 Å². The van der Waals surface area contributed by atoms with E-state index in [4.69, 9.17) is 11.1 Å². The number of nitrogens with zero attached hydrogens (tertiary/aromatic N) is 2. The van der Waals surface area contributed by atoms with Crippen molar-refractivity contribution in [3.8, 4) is 0 Å². The number of nitrogens with one attached hydrogen (secondary N) is 1. The molecule has 0 aliphatic rings. The second kappa shape index (κ2) is 3.22. The van der Waals surface area contributed by atoms with Crippen LogP contribution in [0.25, 0.3) is 0 Å². The summed E-state index contributed by atoms with van der Waals surface area (Å²) >= 11 is 0. The van der Waals surface area contributed by atoms with E-state index in [1.807, 2.05) is 6.92 Å². The summed E-state index contributed by atoms with van der Waals surface area (Å²) in [4.78, 5) is 0. The van der Waals surface area contributed by atoms with Crippen LogP contribution in [0.1, 0.15) is 5.69 Å². The first kappa shape index (κ1) is 8.97. The molecule has 0 saturated heterocycles. The van der Waals surface area contributed by atoms with Crippen LogP contribution >= 0.6 is 12.4 Å². The van der Waals surface area contributed by atoms with Gasteiger partial charge in [-0.25, -0.2) is 4.68 Å². The molecule has 0 fully saturated rings. The van der Waals surface area contributed by atoms with Gasteiger partial charge in [0.1, 0.15) is 0 Å². The molecule has 0 unspecified atom stereocenters. The summed E-state index contributed by atoms with van der Waals surface area (Å²) in [6.45, 7) is 1.85. The Morgan fingerprint density at radius 3 is 2.60 bits per heavy atom. The molecule has 56 valence electrons. The average molecular weight is 161 g/mol. The Morgan fingerprint density at radius 1 is 1.80 bits per heavy atom. The molecule has 5 heteroatoms. The van der Waals surface area contributed by atoms with E-state index in [-0.39, 0.29) is 18.4 Å². The predicted octanol–water partition coefficient (Wildman–Crippen LogP) is 0.355. The number of aromatic nitrogens is 2. The standard InChI is InChI=1S/C5H8N4.ClH/c1-4-2-3-9(8-4)5(6)7;/h2-3H,1H3,(H3,6,7);1H. The van der Waals surface area contributed by atoms with E-state index in [0.29, 0.717) is 0 Å². The summed E-state index contributed by atoms with van der Waals surface area (Å²) < 4.78 is 1.31. The molecule has 3 N–H and O–H groups in total. The Morgan fingerprint density at radius 2 is 2.40 bits per heavy atom. The van der Waals surface area contributed by atoms with Crippen LogP contribution in [0.4, 0.5) is 0 Å². The highest BCUT2D eigenvalue weighted by molar-refractivity contribution is 5.85. The fourth-order valence-corrected chi connectivity index (χ4v) is 0.549. The van der Waals surface area contributed by atoms with Gasteiger partial charge in [0.2, 0.25) is 5.96 Å². The predicted molar refractivity (Wildman–Crippen MR) is 41.5 cm³/mol. The van der Waals surface area contributed by atoms with Gasteiger partial charge in [-0.05, 0) is 13.0 Å². The Hall–Kier alpha value is -1.03. The van der Waals surface area contributed by atoms with Gasteiger partial charge in [-0.1, -0.05) is 0 Å². The third-order valence-corrected chi connectivity index (χ3v) is 0.969. The molecular formula is C5H9ClN4. The molecule has 0 aliphatic carbocycles. The van der Waals surface area contributed by atoms with Crippen LogP contribution < -0.4 is 5.73 Å². The van der Waals surface area contributed by atoms with Crippen LogP contribution in [0.3, 0.4) is 0 Å². The molecule has 1 rings (SSSR count). The van der Waals surface area contributed by atoms with Crippen molar-refractivity contribution < 1.29 is 0 Å². The Labute approximate surface area is 64.9 Å². The first-order valence-electron chi connectivity index (χ1n) is 2.57. The van der Waals surface area contributed by atoms with Crippen molar-refractivity contribution in [1.29, 1.82) is 5.41 Å². The van der Waals surface area contributed by atoms with Crippen molar-refractivity contribution >= 4 is 18.4 Å². The van der Waals surface area contributed by atoms with Crippen molar-refractivity contribution in [3.63, 3.8) is 0 Å². The van der Waals surface area contributed by atoms with Crippen LogP contribution in [-0.4, -0.2) is 15.7 Å². The maximum absolute atomic E-state index is 6.93. The van der Waals surface area contributed by atoms with Crippen LogP contribution in [0.5, 0.6) is 0 Å². The van der Waals surface area contributed by atoms with E-state index in [0.717, 1.165) is 5.69 Å². The number of aryl methyl sites for hydroxylation is 1. The molecule has 1 aromatic heterocycles. The lowest BCUT2D eigenvalue weighted by Gasteiger charge is -1.92. The molecule has 0 spiro atoms. The summed E-state index contributed by atoms with van der Waals surface area (Å²) in [6.07, 6.45) is 1.65. The van der Waals surface area contributed by atoms with Crippen LogP contribution in [0, 0.1) is 12.3 Å². The van der Waals surface area contributed by atoms with Gasteiger partial charge < -0.3 is 5.73 Å². The lowest BCUT2D eigenvalue weighted by Crippen LogP contribution is -2.20. The topological polar surface area (TPSA) is 67.7 Å². The fraction of sp³-hybridized carbons (Fsp3) is 0.200. The van der Waals surface area contributed by atoms with Crippen molar-refractivity contribution in [2.24, 2.45) is 5.73 Å². The van der Waals surface area contributed by atoms with Crippen molar-refractivity contribution in [1.82, 2.24) is 9.78 Å². The van der Waals surface area contributed by atoms with Gasteiger partial charge in [-0.15, -0.1) is 12.4 Å². The highest BCUT2D eigenvalue weighted by Gasteiger charge is 1.92. The van der Waals surface area contributed by atoms with Gasteiger partial charge in [0, 0.05) is 6.20 Å². The van der Waals surface area contributed by atoms with Gasteiger partial charge >= 0.3 is 0 Å². The minimum Gasteiger partial charge on any atom is -0.368 e. The van der Waals surface area contributed by atoms with Gasteiger partial charge in [0.05, 0.1) is 5.69 Å². The molecular weight excluding hydrogens is 152 g/mol. The fourth-order valence-electron chi connectivity index (χ4n) is 0.549. The minimum absolute atomic E-state index is 0. The minimum atomic E-state index is -0.0527. The molecule has 0 aliphatic heterocycles. The lowest BCUT2D eigenvalue weighted by atomic mass is 10.5. The Balaban J connectivity index is 0.000000810. The number of hydrogen-bond acceptors (Lipinski definition) is 2. The van der Waals surface area contributed by atoms with E-state index in [9.17, 15) is 0 Å². The Kier molecular flexibility index (Phi) is 2.89. The number of hydrogen-bond donors (Lipinski definition) is 2. The molecule has 0 saturated carbocycles. The normalized spacial score (nSPS) is 8.50. The molecule has 10 heavy (non-hydrogen) atoms. The zero-order valence-corrected chi connectivity index (χ0v) is 6.35. The first-order valence-corrected chi connectivity index (χ1v) is 2.57. The molecule has 0 amide bonds. The molecule has 1 aromatic rings. The van der Waals surface area contributed by atoms with Gasteiger partial charge in [-0.2, -0.15) is 5.10 Å². The highest BCUT2D eigenvalue weighted by Crippen LogP contribution is 1.88. The van der Waals surface area contributed by atoms with Gasteiger partial charge in [0.15, 0.2) is 0 Å². The quantitative estimate of drug-likeness (QED) is 0.425. The summed E-state index contributed by atoms with van der Waals surface area (Å²) in [5.74, 6) is -0.0527. The monoisotopic (exact) mass is 160 g/mol. The largest absolute Gasteiger partial charge is 0.368 e. The number of halogens is 1. The van der Waals surface area contributed by atoms with Crippen molar-refractivity contribution in [2.45, 2.75) is 6.92 Å². The maximum atomic E-state index is 6.93. The molecule has 0 atom stereocenters. The van der Waals surface area contributed by atoms with Crippen LogP contribution in [0.15, 0.2) is 12.3 Å². The zero-order chi connectivity index (χ0) is 6.85. The van der Waals surface area contributed by atoms with Gasteiger partial charge in [0.25, 0.3) is 0 Å². The SMILES string of the molecule is Cc1ccn(C(=N)N)n1.Cl. The summed E-state index contributed by atoms with van der Waals surface area (Å²) in [5.41, 5.74) is 5.98. The van der Waals surface area contributed by atoms with Crippen molar-refractivity contribution in [3.05, 3.63) is 18.0 Å². The van der Waals surface area contributed by atoms with Crippen LogP contribution in [-0.2, 0) is 0 Å². The average Bonchev–Trinajstić information content (AvgIpc) is 2.14. The van der Waals surface area contributed by atoms with E-state index < -0.39 is 0 Å². The summed E-state index contributed by atoms with van der Waals surface area (Å²) in [5, 5.41) is 10.8. The highest BCUT2D eigenvalue weighted by atomic mass is 35.5. The molecule has 0 radical (unpaired) electrons. The van der Waals surface area contributed by atoms with E-state index in [2.05, 4.69) is 5.10 Å². The molecule has 4 nitrogen and oxygen atoms in total. The number of nitrogen functional groups attached to an aromatic ring is 1. The van der Waals surface area contributed by atoms with Crippen molar-refractivity contribution in [2.75, 3.05) is 0 Å². The van der Waals surface area contributed by atoms with Crippen LogP contribution in [0.2, 0.25) is 0 Å². The van der Waals surface area contributed by atoms with Gasteiger partial charge in [-0.3, -0.25) is 5.41 Å². The molecule has 0 aromatic carbocycles. The lowest BCUT2D eigenvalue weighted by molar-refractivity contribution is 0.892. The number of rotatable bonds is 0. The van der Waals surface area contributed by atoms with E-state index in [1.54, 1.807) is 12.3 Å². The number of nitrogens with two attached hydrogens (primary N) is 1. The summed E-state index contributed by atoms with van der Waals surface area (Å²) in [7, 11) is 0. The smallest absolute Gasteiger partial charge is 0.213 e. The maximum Gasteiger partial charge on any atom is 0.213 e. The first-order chi connectivity index (χ1) is 4.20. The third-order valence-electron chi connectivity index (χ3n) is 0.969. The summed E-state index contributed by atoms with van der Waals surface area (Å²) in [6, 6.07) is 1.79. The molecule has 1 heterocycles. The zero-order valence-electron chi connectivity index (χ0n) is 5.53. The third kappa shape index (κ3) is 1.73.